The van der Waals surface area contributed by atoms with E-state index in [4.69, 9.17) is 27.6 Å². The number of nitrogens with one attached hydrogen (secondary N) is 2. The van der Waals surface area contributed by atoms with Crippen molar-refractivity contribution >= 4 is 58.2 Å². The predicted octanol–water partition coefficient (Wildman–Crippen LogP) is 6.35. The van der Waals surface area contributed by atoms with E-state index in [1.165, 1.54) is 18.0 Å². The molecule has 29 heavy (non-hydrogen) atoms. The Bertz CT molecular complexity index is 1010. The molecule has 2 amide bonds. The van der Waals surface area contributed by atoms with Crippen LogP contribution in [0.3, 0.4) is 0 Å². The summed E-state index contributed by atoms with van der Waals surface area (Å²) in [4.78, 5) is 25.7. The first kappa shape index (κ1) is 21.3. The van der Waals surface area contributed by atoms with Crippen molar-refractivity contribution in [1.82, 2.24) is 0 Å². The number of amides is 2. The highest BCUT2D eigenvalue weighted by atomic mass is 35.5. The number of hydrogen-bond acceptors (Lipinski definition) is 4. The summed E-state index contributed by atoms with van der Waals surface area (Å²) >= 11 is 13.4. The van der Waals surface area contributed by atoms with Crippen LogP contribution in [0.4, 0.5) is 11.4 Å². The van der Waals surface area contributed by atoms with Crippen LogP contribution in [0.1, 0.15) is 23.9 Å². The van der Waals surface area contributed by atoms with E-state index in [0.717, 1.165) is 4.90 Å². The highest BCUT2D eigenvalue weighted by molar-refractivity contribution is 8.00. The van der Waals surface area contributed by atoms with Gasteiger partial charge in [-0.3, -0.25) is 9.59 Å². The lowest BCUT2D eigenvalue weighted by Crippen LogP contribution is -2.24. The Morgan fingerprint density at radius 2 is 1.90 bits per heavy atom. The van der Waals surface area contributed by atoms with Crippen molar-refractivity contribution in [2.75, 3.05) is 10.6 Å². The molecule has 0 fully saturated rings. The molecule has 3 rings (SSSR count). The fourth-order valence-electron chi connectivity index (χ4n) is 2.54. The lowest BCUT2D eigenvalue weighted by molar-refractivity contribution is -0.115. The fourth-order valence-corrected chi connectivity index (χ4v) is 4.01. The lowest BCUT2D eigenvalue weighted by atomic mass is 10.2. The molecule has 2 N–H and O–H groups in total. The van der Waals surface area contributed by atoms with Crippen LogP contribution in [0.25, 0.3) is 0 Å². The predicted molar refractivity (Wildman–Crippen MR) is 118 cm³/mol. The molecule has 1 unspecified atom stereocenters. The van der Waals surface area contributed by atoms with Crippen LogP contribution in [-0.2, 0) is 4.79 Å². The molecule has 0 saturated carbocycles. The number of furan rings is 1. The minimum absolute atomic E-state index is 0.160. The molecule has 3 aromatic rings. The maximum Gasteiger partial charge on any atom is 0.291 e. The molecule has 0 bridgehead atoms. The summed E-state index contributed by atoms with van der Waals surface area (Å²) < 4.78 is 5.10. The SMILES string of the molecule is CCC(Sc1cccc(NC(=O)c2ccco2)c1)C(=O)Nc1ccc(Cl)cc1Cl. The molecule has 1 aromatic heterocycles. The number of benzene rings is 2. The number of thioether (sulfide) groups is 1. The average molecular weight is 449 g/mol. The van der Waals surface area contributed by atoms with Gasteiger partial charge >= 0.3 is 0 Å². The van der Waals surface area contributed by atoms with Crippen molar-refractivity contribution in [3.63, 3.8) is 0 Å². The van der Waals surface area contributed by atoms with Crippen LogP contribution >= 0.6 is 35.0 Å². The summed E-state index contributed by atoms with van der Waals surface area (Å²) in [7, 11) is 0. The lowest BCUT2D eigenvalue weighted by Gasteiger charge is -2.16. The average Bonchev–Trinajstić information content (AvgIpc) is 3.23. The second kappa shape index (κ2) is 9.87. The topological polar surface area (TPSA) is 71.3 Å². The second-order valence-corrected chi connectivity index (χ2v) is 8.21. The van der Waals surface area contributed by atoms with Gasteiger partial charge in [-0.05, 0) is 55.0 Å². The Labute approximate surface area is 182 Å². The summed E-state index contributed by atoms with van der Waals surface area (Å²) in [5.41, 5.74) is 1.13. The third-order valence-electron chi connectivity index (χ3n) is 3.97. The van der Waals surface area contributed by atoms with Crippen LogP contribution < -0.4 is 10.6 Å². The summed E-state index contributed by atoms with van der Waals surface area (Å²) in [6, 6.07) is 15.5. The van der Waals surface area contributed by atoms with E-state index in [1.54, 1.807) is 36.4 Å². The van der Waals surface area contributed by atoms with Crippen molar-refractivity contribution in [1.29, 1.82) is 0 Å². The third kappa shape index (κ3) is 5.79. The molecule has 0 spiro atoms. The largest absolute Gasteiger partial charge is 0.459 e. The maximum atomic E-state index is 12.7. The molecule has 8 heteroatoms. The minimum atomic E-state index is -0.335. The maximum absolute atomic E-state index is 12.7. The zero-order valence-electron chi connectivity index (χ0n) is 15.4. The quantitative estimate of drug-likeness (QED) is 0.413. The number of rotatable bonds is 7. The van der Waals surface area contributed by atoms with E-state index in [9.17, 15) is 9.59 Å². The van der Waals surface area contributed by atoms with Crippen molar-refractivity contribution in [2.24, 2.45) is 0 Å². The number of carbonyl (C=O) groups is 2. The highest BCUT2D eigenvalue weighted by Crippen LogP contribution is 2.30. The van der Waals surface area contributed by atoms with E-state index in [1.807, 2.05) is 25.1 Å². The first-order valence-electron chi connectivity index (χ1n) is 8.83. The molecule has 150 valence electrons. The van der Waals surface area contributed by atoms with Gasteiger partial charge in [-0.25, -0.2) is 0 Å². The molecular formula is C21H18Cl2N2O3S. The first-order chi connectivity index (χ1) is 14.0. The summed E-state index contributed by atoms with van der Waals surface area (Å²) in [6.45, 7) is 1.93. The molecule has 1 atom stereocenters. The van der Waals surface area contributed by atoms with Crippen molar-refractivity contribution in [3.8, 4) is 0 Å². The van der Waals surface area contributed by atoms with Gasteiger partial charge in [0.2, 0.25) is 5.91 Å². The summed E-state index contributed by atoms with van der Waals surface area (Å²) in [5, 5.41) is 6.17. The van der Waals surface area contributed by atoms with Gasteiger partial charge in [0.25, 0.3) is 5.91 Å². The molecule has 2 aromatic carbocycles. The number of halogens is 2. The monoisotopic (exact) mass is 448 g/mol. The van der Waals surface area contributed by atoms with Crippen LogP contribution in [0.5, 0.6) is 0 Å². The van der Waals surface area contributed by atoms with Crippen molar-refractivity contribution < 1.29 is 14.0 Å². The van der Waals surface area contributed by atoms with Gasteiger partial charge in [0.1, 0.15) is 0 Å². The van der Waals surface area contributed by atoms with Gasteiger partial charge in [0.15, 0.2) is 5.76 Å². The number of carbonyl (C=O) groups excluding carboxylic acids is 2. The molecule has 0 saturated heterocycles. The first-order valence-corrected chi connectivity index (χ1v) is 10.5. The van der Waals surface area contributed by atoms with Crippen LogP contribution in [0, 0.1) is 0 Å². The van der Waals surface area contributed by atoms with Gasteiger partial charge in [-0.2, -0.15) is 0 Å². The second-order valence-electron chi connectivity index (χ2n) is 6.09. The van der Waals surface area contributed by atoms with Gasteiger partial charge in [-0.1, -0.05) is 36.2 Å². The Hall–Kier alpha value is -2.41. The summed E-state index contributed by atoms with van der Waals surface area (Å²) in [6.07, 6.45) is 2.06. The van der Waals surface area contributed by atoms with Crippen molar-refractivity contribution in [3.05, 3.63) is 76.7 Å². The summed E-state index contributed by atoms with van der Waals surface area (Å²) in [5.74, 6) is -0.264. The van der Waals surface area contributed by atoms with E-state index in [0.29, 0.717) is 27.8 Å². The van der Waals surface area contributed by atoms with Gasteiger partial charge in [0.05, 0.1) is 22.2 Å². The standard InChI is InChI=1S/C21H18Cl2N2O3S/c1-2-19(21(27)25-17-9-8-13(22)11-16(17)23)29-15-6-3-5-14(12-15)24-20(26)18-7-4-10-28-18/h3-12,19H,2H2,1H3,(H,24,26)(H,25,27). The minimum Gasteiger partial charge on any atom is -0.459 e. The normalized spacial score (nSPS) is 11.7. The number of hydrogen-bond donors (Lipinski definition) is 2. The molecular weight excluding hydrogens is 431 g/mol. The molecule has 0 aliphatic rings. The molecule has 0 radical (unpaired) electrons. The molecule has 0 aliphatic heterocycles. The van der Waals surface area contributed by atoms with Gasteiger partial charge < -0.3 is 15.1 Å². The Morgan fingerprint density at radius 3 is 2.59 bits per heavy atom. The Morgan fingerprint density at radius 1 is 1.07 bits per heavy atom. The fraction of sp³-hybridized carbons (Fsp3) is 0.143. The van der Waals surface area contributed by atoms with E-state index < -0.39 is 0 Å². The molecule has 5 nitrogen and oxygen atoms in total. The van der Waals surface area contributed by atoms with Crippen LogP contribution in [0.15, 0.2) is 70.2 Å². The zero-order chi connectivity index (χ0) is 20.8. The van der Waals surface area contributed by atoms with Crippen molar-refractivity contribution in [2.45, 2.75) is 23.5 Å². The Kier molecular flexibility index (Phi) is 7.25. The third-order valence-corrected chi connectivity index (χ3v) is 5.87. The van der Waals surface area contributed by atoms with Gasteiger partial charge in [0, 0.05) is 15.6 Å². The number of anilines is 2. The van der Waals surface area contributed by atoms with Crippen LogP contribution in [-0.4, -0.2) is 17.1 Å². The highest BCUT2D eigenvalue weighted by Gasteiger charge is 2.19. The van der Waals surface area contributed by atoms with Crippen LogP contribution in [0.2, 0.25) is 10.0 Å². The van der Waals surface area contributed by atoms with E-state index in [2.05, 4.69) is 10.6 Å². The van der Waals surface area contributed by atoms with E-state index in [-0.39, 0.29) is 22.8 Å². The zero-order valence-corrected chi connectivity index (χ0v) is 17.8. The van der Waals surface area contributed by atoms with Gasteiger partial charge in [-0.15, -0.1) is 11.8 Å². The molecule has 1 heterocycles. The molecule has 0 aliphatic carbocycles. The Balaban J connectivity index is 1.67. The smallest absolute Gasteiger partial charge is 0.291 e. The van der Waals surface area contributed by atoms with E-state index >= 15 is 0 Å².